The number of urea groups is 1. The van der Waals surface area contributed by atoms with E-state index in [0.29, 0.717) is 11.1 Å². The van der Waals surface area contributed by atoms with E-state index in [1.54, 1.807) is 15.8 Å². The van der Waals surface area contributed by atoms with Crippen molar-refractivity contribution in [3.05, 3.63) is 41.2 Å². The molecule has 2 heterocycles. The Hall–Kier alpha value is -2.05. The number of aromatic nitrogens is 2. The van der Waals surface area contributed by atoms with Gasteiger partial charge in [0.05, 0.1) is 28.3 Å². The van der Waals surface area contributed by atoms with Crippen LogP contribution in [0.3, 0.4) is 0 Å². The number of likely N-dealkylation sites (tertiary alicyclic amines) is 1. The number of amides is 2. The van der Waals surface area contributed by atoms with Crippen molar-refractivity contribution in [2.75, 3.05) is 32.5 Å². The molecule has 128 valence electrons. The Labute approximate surface area is 147 Å². The lowest BCUT2D eigenvalue weighted by molar-refractivity contribution is 0.0942. The third kappa shape index (κ3) is 3.12. The predicted octanol–water partition coefficient (Wildman–Crippen LogP) is 2.87. The van der Waals surface area contributed by atoms with Gasteiger partial charge in [-0.2, -0.15) is 5.10 Å². The summed E-state index contributed by atoms with van der Waals surface area (Å²) in [5.41, 5.74) is 2.48. The Bertz CT molecular complexity index is 736. The molecule has 2 aromatic rings. The Balaban J connectivity index is 1.76. The number of carbonyl (C=O) groups excluding carboxylic acids is 1. The van der Waals surface area contributed by atoms with E-state index in [1.165, 1.54) is 0 Å². The SMILES string of the molecule is CCc1c(NC(=O)N2CC(N(C)C)C2)cnn1-c1ccccc1Cl. The summed E-state index contributed by atoms with van der Waals surface area (Å²) in [7, 11) is 4.06. The fourth-order valence-electron chi connectivity index (χ4n) is 2.79. The smallest absolute Gasteiger partial charge is 0.321 e. The molecule has 24 heavy (non-hydrogen) atoms. The summed E-state index contributed by atoms with van der Waals surface area (Å²) in [6.45, 7) is 3.53. The van der Waals surface area contributed by atoms with E-state index in [-0.39, 0.29) is 6.03 Å². The van der Waals surface area contributed by atoms with Gasteiger partial charge in [0.15, 0.2) is 0 Å². The van der Waals surface area contributed by atoms with E-state index in [2.05, 4.69) is 15.3 Å². The van der Waals surface area contributed by atoms with Gasteiger partial charge in [0, 0.05) is 19.1 Å². The van der Waals surface area contributed by atoms with Crippen LogP contribution in [0.4, 0.5) is 10.5 Å². The van der Waals surface area contributed by atoms with Crippen LogP contribution in [-0.4, -0.2) is 58.8 Å². The first-order valence-corrected chi connectivity index (χ1v) is 8.43. The molecule has 7 heteroatoms. The van der Waals surface area contributed by atoms with Crippen molar-refractivity contribution in [3.63, 3.8) is 0 Å². The standard InChI is InChI=1S/C17H22ClN5O/c1-4-15-14(20-17(24)22-10-12(11-22)21(2)3)9-19-23(15)16-8-6-5-7-13(16)18/h5-9,12H,4,10-11H2,1-3H3,(H,20,24). The highest BCUT2D eigenvalue weighted by Crippen LogP contribution is 2.25. The number of hydrogen-bond acceptors (Lipinski definition) is 3. The van der Waals surface area contributed by atoms with Gasteiger partial charge in [-0.25, -0.2) is 9.48 Å². The maximum atomic E-state index is 12.4. The second kappa shape index (κ2) is 6.83. The molecule has 0 unspecified atom stereocenters. The number of para-hydroxylation sites is 1. The van der Waals surface area contributed by atoms with Crippen LogP contribution < -0.4 is 5.32 Å². The van der Waals surface area contributed by atoms with Gasteiger partial charge < -0.3 is 15.1 Å². The van der Waals surface area contributed by atoms with Gasteiger partial charge in [-0.3, -0.25) is 0 Å². The van der Waals surface area contributed by atoms with Crippen molar-refractivity contribution >= 4 is 23.3 Å². The average Bonchev–Trinajstić information content (AvgIpc) is 2.88. The van der Waals surface area contributed by atoms with Crippen LogP contribution in [0.2, 0.25) is 5.02 Å². The van der Waals surface area contributed by atoms with Crippen molar-refractivity contribution in [1.82, 2.24) is 19.6 Å². The topological polar surface area (TPSA) is 53.4 Å². The van der Waals surface area contributed by atoms with Crippen molar-refractivity contribution in [2.45, 2.75) is 19.4 Å². The summed E-state index contributed by atoms with van der Waals surface area (Å²) in [5.74, 6) is 0. The minimum absolute atomic E-state index is 0.0819. The van der Waals surface area contributed by atoms with Gasteiger partial charge in [0.25, 0.3) is 0 Å². The third-order valence-electron chi connectivity index (χ3n) is 4.41. The monoisotopic (exact) mass is 347 g/mol. The van der Waals surface area contributed by atoms with Gasteiger partial charge in [0.1, 0.15) is 0 Å². The number of hydrogen-bond donors (Lipinski definition) is 1. The van der Waals surface area contributed by atoms with E-state index >= 15 is 0 Å². The maximum absolute atomic E-state index is 12.4. The Morgan fingerprint density at radius 3 is 2.71 bits per heavy atom. The predicted molar refractivity (Wildman–Crippen MR) is 96.0 cm³/mol. The molecule has 0 spiro atoms. The summed E-state index contributed by atoms with van der Waals surface area (Å²) in [5, 5.41) is 8.01. The normalized spacial score (nSPS) is 14.8. The Morgan fingerprint density at radius 1 is 1.38 bits per heavy atom. The van der Waals surface area contributed by atoms with E-state index in [0.717, 1.165) is 36.6 Å². The second-order valence-corrected chi connectivity index (χ2v) is 6.58. The summed E-state index contributed by atoms with van der Waals surface area (Å²) in [6.07, 6.45) is 2.42. The molecule has 0 atom stereocenters. The number of halogens is 1. The quantitative estimate of drug-likeness (QED) is 0.925. The molecule has 1 aromatic carbocycles. The van der Waals surface area contributed by atoms with Crippen LogP contribution in [0.25, 0.3) is 5.69 Å². The lowest BCUT2D eigenvalue weighted by Gasteiger charge is -2.42. The molecule has 0 bridgehead atoms. The summed E-state index contributed by atoms with van der Waals surface area (Å²) in [6, 6.07) is 7.90. The lowest BCUT2D eigenvalue weighted by Crippen LogP contribution is -2.60. The van der Waals surface area contributed by atoms with E-state index < -0.39 is 0 Å². The fraction of sp³-hybridized carbons (Fsp3) is 0.412. The third-order valence-corrected chi connectivity index (χ3v) is 4.73. The van der Waals surface area contributed by atoms with E-state index in [1.807, 2.05) is 45.3 Å². The number of carbonyl (C=O) groups is 1. The minimum atomic E-state index is -0.0819. The van der Waals surface area contributed by atoms with Gasteiger partial charge in [-0.1, -0.05) is 30.7 Å². The number of nitrogens with zero attached hydrogens (tertiary/aromatic N) is 4. The Kier molecular flexibility index (Phi) is 4.78. The highest BCUT2D eigenvalue weighted by Gasteiger charge is 2.32. The molecular weight excluding hydrogens is 326 g/mol. The Morgan fingerprint density at radius 2 is 2.08 bits per heavy atom. The molecule has 2 amide bonds. The van der Waals surface area contributed by atoms with Crippen LogP contribution in [0.15, 0.2) is 30.5 Å². The van der Waals surface area contributed by atoms with Crippen LogP contribution >= 0.6 is 11.6 Å². The molecule has 3 rings (SSSR count). The maximum Gasteiger partial charge on any atom is 0.322 e. The van der Waals surface area contributed by atoms with Gasteiger partial charge in [-0.15, -0.1) is 0 Å². The summed E-state index contributed by atoms with van der Waals surface area (Å²) >= 11 is 6.27. The van der Waals surface area contributed by atoms with Crippen molar-refractivity contribution in [2.24, 2.45) is 0 Å². The molecule has 1 fully saturated rings. The molecule has 1 saturated heterocycles. The average molecular weight is 348 g/mol. The van der Waals surface area contributed by atoms with Gasteiger partial charge in [-0.05, 0) is 32.6 Å². The number of likely N-dealkylation sites (N-methyl/N-ethyl adjacent to an activating group) is 1. The number of nitrogens with one attached hydrogen (secondary N) is 1. The number of benzene rings is 1. The molecule has 1 aliphatic heterocycles. The molecule has 0 aliphatic carbocycles. The van der Waals surface area contributed by atoms with Crippen LogP contribution in [0.5, 0.6) is 0 Å². The zero-order valence-electron chi connectivity index (χ0n) is 14.2. The molecular formula is C17H22ClN5O. The largest absolute Gasteiger partial charge is 0.322 e. The van der Waals surface area contributed by atoms with Crippen molar-refractivity contribution in [3.8, 4) is 5.69 Å². The van der Waals surface area contributed by atoms with Gasteiger partial charge in [0.2, 0.25) is 0 Å². The highest BCUT2D eigenvalue weighted by molar-refractivity contribution is 6.32. The van der Waals surface area contributed by atoms with Crippen LogP contribution in [0.1, 0.15) is 12.6 Å². The fourth-order valence-corrected chi connectivity index (χ4v) is 3.01. The molecule has 0 radical (unpaired) electrons. The minimum Gasteiger partial charge on any atom is -0.321 e. The first kappa shape index (κ1) is 16.8. The van der Waals surface area contributed by atoms with Crippen LogP contribution in [-0.2, 0) is 6.42 Å². The zero-order chi connectivity index (χ0) is 17.3. The highest BCUT2D eigenvalue weighted by atomic mass is 35.5. The van der Waals surface area contributed by atoms with Crippen LogP contribution in [0, 0.1) is 0 Å². The van der Waals surface area contributed by atoms with E-state index in [4.69, 9.17) is 11.6 Å². The van der Waals surface area contributed by atoms with Crippen molar-refractivity contribution in [1.29, 1.82) is 0 Å². The first-order valence-electron chi connectivity index (χ1n) is 8.05. The molecule has 6 nitrogen and oxygen atoms in total. The number of rotatable bonds is 4. The molecule has 1 aliphatic rings. The molecule has 1 N–H and O–H groups in total. The van der Waals surface area contributed by atoms with E-state index in [9.17, 15) is 4.79 Å². The van der Waals surface area contributed by atoms with Crippen molar-refractivity contribution < 1.29 is 4.79 Å². The molecule has 1 aromatic heterocycles. The first-order chi connectivity index (χ1) is 11.5. The summed E-state index contributed by atoms with van der Waals surface area (Å²) in [4.78, 5) is 16.3. The molecule has 0 saturated carbocycles. The lowest BCUT2D eigenvalue weighted by atomic mass is 10.1. The number of anilines is 1. The second-order valence-electron chi connectivity index (χ2n) is 6.17. The summed E-state index contributed by atoms with van der Waals surface area (Å²) < 4.78 is 1.79. The van der Waals surface area contributed by atoms with Gasteiger partial charge >= 0.3 is 6.03 Å². The zero-order valence-corrected chi connectivity index (χ0v) is 14.9.